The number of rotatable bonds is 11. The molecule has 162 valence electrons. The zero-order valence-corrected chi connectivity index (χ0v) is 18.1. The molecule has 0 saturated carbocycles. The fourth-order valence-electron chi connectivity index (χ4n) is 2.59. The third-order valence-electron chi connectivity index (χ3n) is 4.14. The van der Waals surface area contributed by atoms with Gasteiger partial charge in [-0.25, -0.2) is 4.79 Å². The maximum atomic E-state index is 12.3. The van der Waals surface area contributed by atoms with E-state index < -0.39 is 18.5 Å². The lowest BCUT2D eigenvalue weighted by Gasteiger charge is -2.13. The molecule has 0 aliphatic heterocycles. The number of esters is 1. The van der Waals surface area contributed by atoms with Gasteiger partial charge in [0, 0.05) is 6.54 Å². The first-order chi connectivity index (χ1) is 14.5. The number of hydrogen-bond donors (Lipinski definition) is 1. The molecule has 0 atom stereocenters. The maximum Gasteiger partial charge on any atom is 0.338 e. The van der Waals surface area contributed by atoms with E-state index in [0.29, 0.717) is 31.1 Å². The molecule has 0 aromatic heterocycles. The van der Waals surface area contributed by atoms with Crippen molar-refractivity contribution in [3.63, 3.8) is 0 Å². The lowest BCUT2D eigenvalue weighted by atomic mass is 10.1. The van der Waals surface area contributed by atoms with Gasteiger partial charge in [0.1, 0.15) is 5.75 Å². The van der Waals surface area contributed by atoms with Gasteiger partial charge >= 0.3 is 5.97 Å². The predicted molar refractivity (Wildman–Crippen MR) is 114 cm³/mol. The molecule has 2 aromatic rings. The first-order valence-electron chi connectivity index (χ1n) is 9.55. The Hall–Kier alpha value is -2.93. The van der Waals surface area contributed by atoms with Crippen LogP contribution in [0.25, 0.3) is 0 Å². The minimum atomic E-state index is -0.678. The van der Waals surface area contributed by atoms with E-state index in [9.17, 15) is 9.59 Å². The summed E-state index contributed by atoms with van der Waals surface area (Å²) in [4.78, 5) is 24.2. The summed E-state index contributed by atoms with van der Waals surface area (Å²) in [5, 5.41) is 2.95. The van der Waals surface area contributed by atoms with Crippen molar-refractivity contribution in [1.82, 2.24) is 5.32 Å². The molecule has 2 aromatic carbocycles. The van der Waals surface area contributed by atoms with Crippen LogP contribution in [0.3, 0.4) is 0 Å². The summed E-state index contributed by atoms with van der Waals surface area (Å²) in [6.07, 6.45) is 1.45. The minimum absolute atomic E-state index is 0.173. The van der Waals surface area contributed by atoms with Crippen LogP contribution in [0.15, 0.2) is 36.4 Å². The Balaban J connectivity index is 1.83. The summed E-state index contributed by atoms with van der Waals surface area (Å²) in [5.41, 5.74) is 1.23. The largest absolute Gasteiger partial charge is 0.497 e. The molecule has 0 heterocycles. The van der Waals surface area contributed by atoms with E-state index in [0.717, 1.165) is 17.7 Å². The number of amides is 1. The molecule has 8 heteroatoms. The van der Waals surface area contributed by atoms with E-state index in [-0.39, 0.29) is 10.6 Å². The molecule has 1 amide bonds. The summed E-state index contributed by atoms with van der Waals surface area (Å²) in [7, 11) is 3.06. The molecular weight excluding hydrogens is 410 g/mol. The van der Waals surface area contributed by atoms with Crippen molar-refractivity contribution in [3.8, 4) is 17.2 Å². The van der Waals surface area contributed by atoms with E-state index in [1.54, 1.807) is 7.11 Å². The standard InChI is InChI=1S/C22H26ClNO6/c1-4-11-29-21-18(23)12-16(13-19(21)28-3)22(26)30-14-20(25)24-10-9-15-5-7-17(27-2)8-6-15/h5-8,12-13H,4,9-11,14H2,1-3H3,(H,24,25). The highest BCUT2D eigenvalue weighted by molar-refractivity contribution is 6.32. The van der Waals surface area contributed by atoms with Crippen LogP contribution in [0.1, 0.15) is 29.3 Å². The van der Waals surface area contributed by atoms with E-state index >= 15 is 0 Å². The lowest BCUT2D eigenvalue weighted by molar-refractivity contribution is -0.124. The highest BCUT2D eigenvalue weighted by atomic mass is 35.5. The molecule has 30 heavy (non-hydrogen) atoms. The Labute approximate surface area is 181 Å². The van der Waals surface area contributed by atoms with Crippen molar-refractivity contribution in [3.05, 3.63) is 52.5 Å². The third kappa shape index (κ3) is 6.84. The zero-order valence-electron chi connectivity index (χ0n) is 17.3. The third-order valence-corrected chi connectivity index (χ3v) is 4.43. The fourth-order valence-corrected chi connectivity index (χ4v) is 2.85. The fraction of sp³-hybridized carbons (Fsp3) is 0.364. The van der Waals surface area contributed by atoms with Gasteiger partial charge in [-0.2, -0.15) is 0 Å². The van der Waals surface area contributed by atoms with Crippen LogP contribution in [-0.4, -0.2) is 45.9 Å². The summed E-state index contributed by atoms with van der Waals surface area (Å²) < 4.78 is 21.0. The maximum absolute atomic E-state index is 12.3. The normalized spacial score (nSPS) is 10.3. The van der Waals surface area contributed by atoms with Gasteiger partial charge < -0.3 is 24.3 Å². The van der Waals surface area contributed by atoms with Crippen molar-refractivity contribution in [2.75, 3.05) is 34.0 Å². The van der Waals surface area contributed by atoms with Gasteiger partial charge in [0.15, 0.2) is 18.1 Å². The number of carbonyl (C=O) groups is 2. The van der Waals surface area contributed by atoms with Crippen LogP contribution >= 0.6 is 11.6 Å². The molecule has 7 nitrogen and oxygen atoms in total. The molecule has 0 saturated heterocycles. The molecule has 0 spiro atoms. The van der Waals surface area contributed by atoms with Crippen LogP contribution in [0, 0.1) is 0 Å². The average Bonchev–Trinajstić information content (AvgIpc) is 2.76. The lowest BCUT2D eigenvalue weighted by Crippen LogP contribution is -2.30. The molecule has 0 fully saturated rings. The number of benzene rings is 2. The molecule has 1 N–H and O–H groups in total. The van der Waals surface area contributed by atoms with Gasteiger partial charge in [-0.1, -0.05) is 30.7 Å². The SMILES string of the molecule is CCCOc1c(Cl)cc(C(=O)OCC(=O)NCCc2ccc(OC)cc2)cc1OC. The quantitative estimate of drug-likeness (QED) is 0.542. The zero-order chi connectivity index (χ0) is 21.9. The van der Waals surface area contributed by atoms with Crippen molar-refractivity contribution >= 4 is 23.5 Å². The number of methoxy groups -OCH3 is 2. The number of nitrogens with one attached hydrogen (secondary N) is 1. The van der Waals surface area contributed by atoms with E-state index in [2.05, 4.69) is 5.32 Å². The van der Waals surface area contributed by atoms with Crippen molar-refractivity contribution in [2.45, 2.75) is 19.8 Å². The highest BCUT2D eigenvalue weighted by Crippen LogP contribution is 2.36. The Morgan fingerprint density at radius 3 is 2.43 bits per heavy atom. The smallest absolute Gasteiger partial charge is 0.338 e. The van der Waals surface area contributed by atoms with Gasteiger partial charge in [0.25, 0.3) is 5.91 Å². The number of hydrogen-bond acceptors (Lipinski definition) is 6. The Bertz CT molecular complexity index is 853. The van der Waals surface area contributed by atoms with Crippen molar-refractivity contribution in [2.24, 2.45) is 0 Å². The Morgan fingerprint density at radius 1 is 1.07 bits per heavy atom. The van der Waals surface area contributed by atoms with Gasteiger partial charge in [-0.3, -0.25) is 4.79 Å². The summed E-state index contributed by atoms with van der Waals surface area (Å²) in [6, 6.07) is 10.5. The van der Waals surface area contributed by atoms with E-state index in [1.165, 1.54) is 19.2 Å². The number of halogens is 1. The first-order valence-corrected chi connectivity index (χ1v) is 9.93. The topological polar surface area (TPSA) is 83.1 Å². The highest BCUT2D eigenvalue weighted by Gasteiger charge is 2.17. The van der Waals surface area contributed by atoms with E-state index in [1.807, 2.05) is 31.2 Å². The van der Waals surface area contributed by atoms with Gasteiger partial charge in [0.05, 0.1) is 31.4 Å². The Morgan fingerprint density at radius 2 is 1.80 bits per heavy atom. The summed E-state index contributed by atoms with van der Waals surface area (Å²) >= 11 is 6.20. The van der Waals surface area contributed by atoms with Gasteiger partial charge in [-0.05, 0) is 42.7 Å². The van der Waals surface area contributed by atoms with Crippen LogP contribution in [-0.2, 0) is 16.0 Å². The molecular formula is C22H26ClNO6. The van der Waals surface area contributed by atoms with E-state index in [4.69, 9.17) is 30.5 Å². The predicted octanol–water partition coefficient (Wildman–Crippen LogP) is 3.66. The number of carbonyl (C=O) groups excluding carboxylic acids is 2. The van der Waals surface area contributed by atoms with Crippen LogP contribution in [0.4, 0.5) is 0 Å². The van der Waals surface area contributed by atoms with Crippen LogP contribution in [0.2, 0.25) is 5.02 Å². The average molecular weight is 436 g/mol. The Kier molecular flexibility index (Phi) is 9.28. The van der Waals surface area contributed by atoms with Crippen LogP contribution in [0.5, 0.6) is 17.2 Å². The summed E-state index contributed by atoms with van der Waals surface area (Å²) in [6.45, 7) is 2.46. The molecule has 0 bridgehead atoms. The van der Waals surface area contributed by atoms with Gasteiger partial charge in [-0.15, -0.1) is 0 Å². The van der Waals surface area contributed by atoms with Crippen molar-refractivity contribution < 1.29 is 28.5 Å². The second kappa shape index (κ2) is 11.9. The van der Waals surface area contributed by atoms with Crippen LogP contribution < -0.4 is 19.5 Å². The summed E-state index contributed by atoms with van der Waals surface area (Å²) in [5.74, 6) is 0.400. The van der Waals surface area contributed by atoms with Gasteiger partial charge in [0.2, 0.25) is 0 Å². The second-order valence-electron chi connectivity index (χ2n) is 6.36. The molecule has 0 unspecified atom stereocenters. The monoisotopic (exact) mass is 435 g/mol. The second-order valence-corrected chi connectivity index (χ2v) is 6.77. The molecule has 2 rings (SSSR count). The molecule has 0 aliphatic rings. The molecule has 0 aliphatic carbocycles. The molecule has 0 radical (unpaired) electrons. The van der Waals surface area contributed by atoms with Crippen molar-refractivity contribution in [1.29, 1.82) is 0 Å². The number of ether oxygens (including phenoxy) is 4. The first kappa shape index (κ1) is 23.3. The minimum Gasteiger partial charge on any atom is -0.497 e.